The lowest BCUT2D eigenvalue weighted by Crippen LogP contribution is -2.54. The minimum Gasteiger partial charge on any atom is -0.351 e. The van der Waals surface area contributed by atoms with Crippen LogP contribution in [0.5, 0.6) is 0 Å². The number of nitrogens with zero attached hydrogens (tertiary/aromatic N) is 3. The number of nitrogens with one attached hydrogen (secondary N) is 1. The molecule has 0 amide bonds. The molecule has 2 aliphatic rings. The predicted molar refractivity (Wildman–Crippen MR) is 103 cm³/mol. The van der Waals surface area contributed by atoms with Gasteiger partial charge in [-0.25, -0.2) is 18.8 Å². The fraction of sp³-hybridized carbons (Fsp3) is 0.381. The smallest absolute Gasteiger partial charge is 0.283 e. The van der Waals surface area contributed by atoms with Crippen LogP contribution in [0.25, 0.3) is 0 Å². The molecule has 1 aromatic carbocycles. The van der Waals surface area contributed by atoms with Crippen LogP contribution >= 0.6 is 0 Å². The molecule has 1 aliphatic heterocycles. The Bertz CT molecular complexity index is 1070. The Hall–Kier alpha value is -3.01. The monoisotopic (exact) mass is 382 g/mol. The molecule has 0 spiro atoms. The highest BCUT2D eigenvalue weighted by atomic mass is 19.3. The van der Waals surface area contributed by atoms with Crippen molar-refractivity contribution in [2.75, 3.05) is 0 Å². The van der Waals surface area contributed by atoms with Crippen LogP contribution in [-0.4, -0.2) is 21.8 Å². The zero-order chi connectivity index (χ0) is 19.9. The zero-order valence-electron chi connectivity index (χ0n) is 15.7. The topological polar surface area (TPSA) is 59.3 Å². The second kappa shape index (κ2) is 6.55. The van der Waals surface area contributed by atoms with E-state index in [1.807, 2.05) is 0 Å². The molecular formula is C21H20F2N4O. The van der Waals surface area contributed by atoms with Crippen molar-refractivity contribution in [2.24, 2.45) is 10.9 Å². The van der Waals surface area contributed by atoms with Crippen molar-refractivity contribution in [2.45, 2.75) is 44.7 Å². The number of benzene rings is 1. The molecule has 1 atom stereocenters. The van der Waals surface area contributed by atoms with Gasteiger partial charge in [-0.3, -0.25) is 9.36 Å². The summed E-state index contributed by atoms with van der Waals surface area (Å²) in [4.78, 5) is 20.5. The van der Waals surface area contributed by atoms with Gasteiger partial charge in [-0.05, 0) is 31.4 Å². The Balaban J connectivity index is 1.73. The number of fused-ring (bicyclic) bond motifs is 1. The van der Waals surface area contributed by atoms with Gasteiger partial charge < -0.3 is 5.32 Å². The first-order chi connectivity index (χ1) is 13.3. The number of aliphatic imine (C=N–C) groups is 1. The molecule has 1 aliphatic carbocycles. The molecule has 144 valence electrons. The Morgan fingerprint density at radius 3 is 2.82 bits per heavy atom. The van der Waals surface area contributed by atoms with E-state index in [1.165, 1.54) is 23.3 Å². The first-order valence-electron chi connectivity index (χ1n) is 9.16. The molecule has 7 heteroatoms. The molecule has 28 heavy (non-hydrogen) atoms. The minimum atomic E-state index is -3.12. The largest absolute Gasteiger partial charge is 0.351 e. The summed E-state index contributed by atoms with van der Waals surface area (Å²) in [6.07, 6.45) is 4.67. The van der Waals surface area contributed by atoms with Gasteiger partial charge in [-0.2, -0.15) is 0 Å². The van der Waals surface area contributed by atoms with Crippen molar-refractivity contribution >= 4 is 12.0 Å². The van der Waals surface area contributed by atoms with Crippen molar-refractivity contribution in [3.63, 3.8) is 0 Å². The summed E-state index contributed by atoms with van der Waals surface area (Å²) in [6, 6.07) is 6.53. The molecule has 1 aromatic heterocycles. The summed E-state index contributed by atoms with van der Waals surface area (Å²) in [5.74, 6) is 2.87. The lowest BCUT2D eigenvalue weighted by molar-refractivity contribution is -0.0435. The first kappa shape index (κ1) is 18.4. The Labute approximate surface area is 161 Å². The van der Waals surface area contributed by atoms with Gasteiger partial charge in [0.05, 0.1) is 24.9 Å². The molecule has 2 heterocycles. The lowest BCUT2D eigenvalue weighted by Gasteiger charge is -2.37. The van der Waals surface area contributed by atoms with Crippen molar-refractivity contribution in [1.82, 2.24) is 14.9 Å². The standard InChI is InChI=1S/C21H20F2N4O/c1-14-9-19(28)27(13-25-14)11-16-5-6-17-18(10-16)24-12-26-21(17,20(2,22)23)8-7-15-3-4-15/h5-6,9-10,12-13,15H,3-4,11H2,1-2H3,(H,24,26)/t21-/m0/s1. The van der Waals surface area contributed by atoms with Gasteiger partial charge in [-0.1, -0.05) is 24.0 Å². The Kier molecular flexibility index (Phi) is 4.30. The highest BCUT2D eigenvalue weighted by Crippen LogP contribution is 2.43. The van der Waals surface area contributed by atoms with E-state index in [9.17, 15) is 13.6 Å². The van der Waals surface area contributed by atoms with Gasteiger partial charge in [0.1, 0.15) is 0 Å². The van der Waals surface area contributed by atoms with Gasteiger partial charge in [-0.15, -0.1) is 0 Å². The molecule has 2 aromatic rings. The Morgan fingerprint density at radius 1 is 1.36 bits per heavy atom. The van der Waals surface area contributed by atoms with Crippen LogP contribution in [-0.2, 0) is 12.1 Å². The van der Waals surface area contributed by atoms with Gasteiger partial charge in [0, 0.05) is 30.2 Å². The SMILES string of the molecule is Cc1cc(=O)n(Cc2ccc3c(c2)N=CN[C@]3(C#CC2CC2)C(C)(F)F)cn1. The van der Waals surface area contributed by atoms with Gasteiger partial charge in [0.25, 0.3) is 11.5 Å². The van der Waals surface area contributed by atoms with E-state index >= 15 is 0 Å². The average molecular weight is 382 g/mol. The quantitative estimate of drug-likeness (QED) is 0.830. The van der Waals surface area contributed by atoms with Crippen LogP contribution in [0.4, 0.5) is 14.5 Å². The molecule has 0 bridgehead atoms. The first-order valence-corrected chi connectivity index (χ1v) is 9.16. The van der Waals surface area contributed by atoms with Crippen molar-refractivity contribution in [3.05, 3.63) is 57.8 Å². The Morgan fingerprint density at radius 2 is 2.14 bits per heavy atom. The number of aromatic nitrogens is 2. The third-order valence-electron chi connectivity index (χ3n) is 5.02. The van der Waals surface area contributed by atoms with Crippen molar-refractivity contribution in [1.29, 1.82) is 0 Å². The van der Waals surface area contributed by atoms with E-state index in [4.69, 9.17) is 0 Å². The van der Waals surface area contributed by atoms with E-state index in [1.54, 1.807) is 25.1 Å². The number of aryl methyl sites for hydroxylation is 1. The maximum atomic E-state index is 14.7. The van der Waals surface area contributed by atoms with Crippen LogP contribution in [0.2, 0.25) is 0 Å². The second-order valence-electron chi connectivity index (χ2n) is 7.43. The van der Waals surface area contributed by atoms with Crippen LogP contribution in [0.3, 0.4) is 0 Å². The molecular weight excluding hydrogens is 362 g/mol. The molecule has 0 unspecified atom stereocenters. The summed E-state index contributed by atoms with van der Waals surface area (Å²) in [5, 5.41) is 2.72. The maximum Gasteiger partial charge on any atom is 0.283 e. The molecule has 4 rings (SSSR count). The highest BCUT2D eigenvalue weighted by Gasteiger charge is 2.52. The van der Waals surface area contributed by atoms with E-state index in [0.717, 1.165) is 25.3 Å². The highest BCUT2D eigenvalue weighted by molar-refractivity contribution is 5.73. The van der Waals surface area contributed by atoms with Crippen LogP contribution in [0, 0.1) is 24.7 Å². The lowest BCUT2D eigenvalue weighted by atomic mass is 9.82. The van der Waals surface area contributed by atoms with Crippen molar-refractivity contribution < 1.29 is 8.78 Å². The van der Waals surface area contributed by atoms with E-state index < -0.39 is 11.5 Å². The third-order valence-corrected chi connectivity index (χ3v) is 5.02. The molecule has 0 radical (unpaired) electrons. The minimum absolute atomic E-state index is 0.167. The van der Waals surface area contributed by atoms with Crippen LogP contribution in [0.1, 0.15) is 36.6 Å². The molecule has 0 saturated heterocycles. The number of alkyl halides is 2. The van der Waals surface area contributed by atoms with Crippen molar-refractivity contribution in [3.8, 4) is 11.8 Å². The average Bonchev–Trinajstić information content (AvgIpc) is 3.45. The number of rotatable bonds is 3. The molecule has 1 fully saturated rings. The fourth-order valence-corrected chi connectivity index (χ4v) is 3.22. The van der Waals surface area contributed by atoms with Gasteiger partial charge in [0.2, 0.25) is 0 Å². The molecule has 1 N–H and O–H groups in total. The maximum absolute atomic E-state index is 14.7. The van der Waals surface area contributed by atoms with Crippen LogP contribution < -0.4 is 10.9 Å². The van der Waals surface area contributed by atoms with E-state index in [2.05, 4.69) is 27.1 Å². The summed E-state index contributed by atoms with van der Waals surface area (Å²) in [5.41, 5.74) is 0.207. The second-order valence-corrected chi connectivity index (χ2v) is 7.43. The molecule has 5 nitrogen and oxygen atoms in total. The fourth-order valence-electron chi connectivity index (χ4n) is 3.22. The summed E-state index contributed by atoms with van der Waals surface area (Å²) in [7, 11) is 0. The zero-order valence-corrected chi connectivity index (χ0v) is 15.7. The number of hydrogen-bond donors (Lipinski definition) is 1. The van der Waals surface area contributed by atoms with E-state index in [-0.39, 0.29) is 18.0 Å². The summed E-state index contributed by atoms with van der Waals surface area (Å²) >= 11 is 0. The summed E-state index contributed by atoms with van der Waals surface area (Å²) < 4.78 is 30.8. The third kappa shape index (κ3) is 3.31. The van der Waals surface area contributed by atoms with Crippen LogP contribution in [0.15, 0.2) is 40.4 Å². The van der Waals surface area contributed by atoms with E-state index in [0.29, 0.717) is 16.9 Å². The van der Waals surface area contributed by atoms with Gasteiger partial charge >= 0.3 is 0 Å². The number of hydrogen-bond acceptors (Lipinski definition) is 4. The normalized spacial score (nSPS) is 20.7. The summed E-state index contributed by atoms with van der Waals surface area (Å²) in [6.45, 7) is 2.90. The predicted octanol–water partition coefficient (Wildman–Crippen LogP) is 3.13. The number of halogens is 2. The molecule has 1 saturated carbocycles. The van der Waals surface area contributed by atoms with Gasteiger partial charge in [0.15, 0.2) is 5.54 Å².